The van der Waals surface area contributed by atoms with Crippen LogP contribution in [0.1, 0.15) is 39.7 Å². The molecule has 4 heterocycles. The maximum atomic E-state index is 14.0. The Labute approximate surface area is 224 Å². The molecule has 0 radical (unpaired) electrons. The summed E-state index contributed by atoms with van der Waals surface area (Å²) in [4.78, 5) is 26.6. The zero-order chi connectivity index (χ0) is 24.4. The number of hydrogen-bond acceptors (Lipinski definition) is 5. The number of hydrogen-bond donors (Lipinski definition) is 0. The summed E-state index contributed by atoms with van der Waals surface area (Å²) in [6.45, 7) is 2.82. The molecule has 3 aromatic rings. The minimum Gasteiger partial charge on any atom is -1.00 e. The van der Waals surface area contributed by atoms with Gasteiger partial charge in [0.15, 0.2) is 12.2 Å². The number of rotatable bonds is 7. The van der Waals surface area contributed by atoms with Gasteiger partial charge in [-0.2, -0.15) is 0 Å². The number of Topliss-reactive ketones (excluding diaryl/α,β-unsaturated/α-hetero) is 1. The van der Waals surface area contributed by atoms with Crippen molar-refractivity contribution in [3.63, 3.8) is 0 Å². The van der Waals surface area contributed by atoms with Crippen LogP contribution in [0.15, 0.2) is 66.0 Å². The lowest BCUT2D eigenvalue weighted by Crippen LogP contribution is -3.00. The first kappa shape index (κ1) is 26.6. The minimum atomic E-state index is -0.860. The number of halogens is 3. The van der Waals surface area contributed by atoms with Gasteiger partial charge in [0.25, 0.3) is 0 Å². The van der Waals surface area contributed by atoms with E-state index in [0.29, 0.717) is 33.7 Å². The van der Waals surface area contributed by atoms with Crippen molar-refractivity contribution in [1.82, 2.24) is 0 Å². The topological polar surface area (TPSA) is 52.6 Å². The van der Waals surface area contributed by atoms with Crippen molar-refractivity contribution in [3.8, 4) is 0 Å². The summed E-state index contributed by atoms with van der Waals surface area (Å²) >= 11 is 7.62. The van der Waals surface area contributed by atoms with E-state index < -0.39 is 18.1 Å². The fourth-order valence-electron chi connectivity index (χ4n) is 5.31. The van der Waals surface area contributed by atoms with Gasteiger partial charge in [0.05, 0.1) is 18.0 Å². The number of fused-ring (bicyclic) bond motifs is 3. The average Bonchev–Trinajstić information content (AvgIpc) is 3.38. The van der Waals surface area contributed by atoms with Gasteiger partial charge in [0.2, 0.25) is 5.78 Å². The van der Waals surface area contributed by atoms with Crippen molar-refractivity contribution >= 4 is 34.9 Å². The molecule has 190 valence electrons. The molecule has 6 rings (SSSR count). The summed E-state index contributed by atoms with van der Waals surface area (Å²) in [5.41, 5.74) is 1.11. The van der Waals surface area contributed by atoms with Crippen LogP contribution in [0.5, 0.6) is 0 Å². The Morgan fingerprint density at radius 2 is 1.78 bits per heavy atom. The lowest BCUT2D eigenvalue weighted by Gasteiger charge is -2.51. The number of benzene rings is 2. The van der Waals surface area contributed by atoms with Crippen LogP contribution in [0.4, 0.5) is 9.18 Å². The third kappa shape index (κ3) is 5.92. The molecule has 0 N–H and O–H groups in total. The second kappa shape index (κ2) is 11.3. The zero-order valence-electron chi connectivity index (χ0n) is 19.4. The molecule has 0 spiro atoms. The van der Waals surface area contributed by atoms with Crippen molar-refractivity contribution in [2.75, 3.05) is 26.2 Å². The summed E-state index contributed by atoms with van der Waals surface area (Å²) in [6.07, 6.45) is -0.190. The van der Waals surface area contributed by atoms with E-state index in [-0.39, 0.29) is 30.2 Å². The van der Waals surface area contributed by atoms with Gasteiger partial charge in [0.1, 0.15) is 18.9 Å². The SMILES string of the molecule is O=C(OC(c1cccc(F)c1)c1cccc(Cl)c1)O[C@H]1C[N+]2(CC(=O)c3cccs3)CCC1CC2.[Cl-]. The molecule has 9 heteroatoms. The maximum Gasteiger partial charge on any atom is 0.509 e. The highest BCUT2D eigenvalue weighted by atomic mass is 35.5. The summed E-state index contributed by atoms with van der Waals surface area (Å²) in [5.74, 6) is -0.0438. The highest BCUT2D eigenvalue weighted by Gasteiger charge is 2.49. The maximum absolute atomic E-state index is 14.0. The summed E-state index contributed by atoms with van der Waals surface area (Å²) in [5, 5.41) is 2.40. The largest absolute Gasteiger partial charge is 1.00 e. The van der Waals surface area contributed by atoms with E-state index in [1.807, 2.05) is 17.5 Å². The molecule has 1 unspecified atom stereocenters. The molecule has 0 saturated carbocycles. The predicted molar refractivity (Wildman–Crippen MR) is 132 cm³/mol. The van der Waals surface area contributed by atoms with Crippen LogP contribution < -0.4 is 12.4 Å². The summed E-state index contributed by atoms with van der Waals surface area (Å²) in [6, 6.07) is 16.6. The Bertz CT molecular complexity index is 1170. The minimum absolute atomic E-state index is 0. The van der Waals surface area contributed by atoms with Crippen LogP contribution in [-0.4, -0.2) is 48.7 Å². The Kier molecular flexibility index (Phi) is 8.35. The highest BCUT2D eigenvalue weighted by molar-refractivity contribution is 7.12. The summed E-state index contributed by atoms with van der Waals surface area (Å²) < 4.78 is 26.2. The van der Waals surface area contributed by atoms with Gasteiger partial charge in [-0.15, -0.1) is 11.3 Å². The van der Waals surface area contributed by atoms with Crippen molar-refractivity contribution < 1.29 is 40.3 Å². The van der Waals surface area contributed by atoms with Gasteiger partial charge in [0, 0.05) is 29.3 Å². The van der Waals surface area contributed by atoms with Crippen LogP contribution >= 0.6 is 22.9 Å². The Balaban J connectivity index is 0.00000304. The van der Waals surface area contributed by atoms with E-state index in [2.05, 4.69) is 0 Å². The molecule has 3 fully saturated rings. The number of thiophene rings is 1. The van der Waals surface area contributed by atoms with E-state index >= 15 is 0 Å². The lowest BCUT2D eigenvalue weighted by atomic mass is 9.83. The molecule has 1 aromatic heterocycles. The molecule has 0 amide bonds. The van der Waals surface area contributed by atoms with Gasteiger partial charge >= 0.3 is 6.16 Å². The molecule has 36 heavy (non-hydrogen) atoms. The smallest absolute Gasteiger partial charge is 0.509 e. The Hall–Kier alpha value is -2.45. The zero-order valence-corrected chi connectivity index (χ0v) is 21.8. The predicted octanol–water partition coefficient (Wildman–Crippen LogP) is 3.28. The van der Waals surface area contributed by atoms with Gasteiger partial charge in [-0.1, -0.05) is 41.9 Å². The standard InChI is InChI=1S/C27H26ClFNO4S.ClH/c28-21-6-1-4-19(14-21)26(20-5-2-7-22(29)15-20)34-27(32)33-24-17-30(11-9-18(24)10-12-30)16-23(31)25-8-3-13-35-25;/h1-8,13-15,18,24,26H,9-12,16-17H2;1H/q+1;/p-1/t18?,24-,26?,30?;/m0./s1. The molecule has 2 bridgehead atoms. The number of carbonyl (C=O) groups excluding carboxylic acids is 2. The number of piperidine rings is 3. The summed E-state index contributed by atoms with van der Waals surface area (Å²) in [7, 11) is 0. The van der Waals surface area contributed by atoms with E-state index in [9.17, 15) is 14.0 Å². The molecule has 5 nitrogen and oxygen atoms in total. The molecule has 2 atom stereocenters. The fraction of sp³-hybridized carbons (Fsp3) is 0.333. The molecule has 3 aliphatic rings. The number of ketones is 1. The van der Waals surface area contributed by atoms with Gasteiger partial charge in [-0.25, -0.2) is 9.18 Å². The molecule has 0 aliphatic carbocycles. The van der Waals surface area contributed by atoms with Crippen LogP contribution in [0, 0.1) is 11.7 Å². The van der Waals surface area contributed by atoms with E-state index in [4.69, 9.17) is 21.1 Å². The molecule has 3 aliphatic heterocycles. The Morgan fingerprint density at radius 3 is 2.44 bits per heavy atom. The Morgan fingerprint density at radius 1 is 1.06 bits per heavy atom. The first-order valence-corrected chi connectivity index (χ1v) is 13.0. The molecular formula is C27H26Cl2FNO4S. The van der Waals surface area contributed by atoms with Gasteiger partial charge < -0.3 is 26.4 Å². The van der Waals surface area contributed by atoms with Crippen molar-refractivity contribution in [2.45, 2.75) is 25.0 Å². The monoisotopic (exact) mass is 549 g/mol. The van der Waals surface area contributed by atoms with E-state index in [0.717, 1.165) is 30.8 Å². The second-order valence-electron chi connectivity index (χ2n) is 9.38. The van der Waals surface area contributed by atoms with Crippen LogP contribution in [0.3, 0.4) is 0 Å². The third-order valence-corrected chi connectivity index (χ3v) is 8.23. The normalized spacial score (nSPS) is 23.4. The quantitative estimate of drug-likeness (QED) is 0.258. The molecular weight excluding hydrogens is 524 g/mol. The first-order chi connectivity index (χ1) is 16.9. The van der Waals surface area contributed by atoms with Gasteiger partial charge in [-0.05, 0) is 41.3 Å². The number of ether oxygens (including phenoxy) is 2. The first-order valence-electron chi connectivity index (χ1n) is 11.7. The number of nitrogens with zero attached hydrogens (tertiary/aromatic N) is 1. The highest BCUT2D eigenvalue weighted by Crippen LogP contribution is 2.37. The molecule has 3 saturated heterocycles. The van der Waals surface area contributed by atoms with Crippen molar-refractivity contribution in [3.05, 3.63) is 92.9 Å². The number of quaternary nitrogens is 1. The van der Waals surface area contributed by atoms with E-state index in [1.54, 1.807) is 36.4 Å². The van der Waals surface area contributed by atoms with Crippen LogP contribution in [0.25, 0.3) is 0 Å². The fourth-order valence-corrected chi connectivity index (χ4v) is 6.17. The molecule has 2 aromatic carbocycles. The second-order valence-corrected chi connectivity index (χ2v) is 10.8. The number of carbonyl (C=O) groups is 2. The van der Waals surface area contributed by atoms with Crippen molar-refractivity contribution in [2.24, 2.45) is 5.92 Å². The average molecular weight is 550 g/mol. The van der Waals surface area contributed by atoms with Crippen LogP contribution in [0.2, 0.25) is 5.02 Å². The van der Waals surface area contributed by atoms with E-state index in [1.165, 1.54) is 23.5 Å². The third-order valence-electron chi connectivity index (χ3n) is 7.08. The van der Waals surface area contributed by atoms with Crippen LogP contribution in [-0.2, 0) is 9.47 Å². The van der Waals surface area contributed by atoms with Crippen molar-refractivity contribution in [1.29, 1.82) is 0 Å². The van der Waals surface area contributed by atoms with Gasteiger partial charge in [-0.3, -0.25) is 4.79 Å². The lowest BCUT2D eigenvalue weighted by molar-refractivity contribution is -0.938.